The molecule has 0 radical (unpaired) electrons. The molecule has 100 valence electrons. The molecule has 2 N–H and O–H groups in total. The molecule has 3 rings (SSSR count). The fourth-order valence-electron chi connectivity index (χ4n) is 2.71. The van der Waals surface area contributed by atoms with Crippen LogP contribution >= 0.6 is 0 Å². The molecule has 0 saturated heterocycles. The Morgan fingerprint density at radius 3 is 2.74 bits per heavy atom. The van der Waals surface area contributed by atoms with Gasteiger partial charge in [0.25, 0.3) is 0 Å². The lowest BCUT2D eigenvalue weighted by atomic mass is 10.0. The topological polar surface area (TPSA) is 47.1 Å². The smallest absolute Gasteiger partial charge is 0.145 e. The van der Waals surface area contributed by atoms with Crippen LogP contribution in [0.4, 0.5) is 5.82 Å². The largest absolute Gasteiger partial charge is 0.382 e. The van der Waals surface area contributed by atoms with Gasteiger partial charge in [0, 0.05) is 19.3 Å². The molecular formula is C15H20N4. The lowest BCUT2D eigenvalue weighted by molar-refractivity contribution is 0.254. The SMILES string of the molecule is Nc1ccn(CCN2CCCc3ccccc3C2)n1. The van der Waals surface area contributed by atoms with Crippen LogP contribution < -0.4 is 5.73 Å². The molecule has 0 unspecified atom stereocenters. The van der Waals surface area contributed by atoms with E-state index in [2.05, 4.69) is 34.3 Å². The molecule has 0 amide bonds. The van der Waals surface area contributed by atoms with E-state index in [9.17, 15) is 0 Å². The monoisotopic (exact) mass is 256 g/mol. The third-order valence-electron chi connectivity index (χ3n) is 3.74. The molecule has 0 bridgehead atoms. The third-order valence-corrected chi connectivity index (χ3v) is 3.74. The van der Waals surface area contributed by atoms with E-state index in [1.54, 1.807) is 0 Å². The molecule has 0 spiro atoms. The Balaban J connectivity index is 1.63. The summed E-state index contributed by atoms with van der Waals surface area (Å²) in [7, 11) is 0. The second-order valence-corrected chi connectivity index (χ2v) is 5.15. The number of nitrogen functional groups attached to an aromatic ring is 1. The van der Waals surface area contributed by atoms with Crippen molar-refractivity contribution in [3.05, 3.63) is 47.7 Å². The van der Waals surface area contributed by atoms with E-state index in [0.717, 1.165) is 26.2 Å². The van der Waals surface area contributed by atoms with Gasteiger partial charge in [0.2, 0.25) is 0 Å². The Morgan fingerprint density at radius 2 is 1.95 bits per heavy atom. The molecule has 0 saturated carbocycles. The van der Waals surface area contributed by atoms with Crippen molar-refractivity contribution in [1.29, 1.82) is 0 Å². The summed E-state index contributed by atoms with van der Waals surface area (Å²) in [4.78, 5) is 2.50. The molecule has 2 aromatic rings. The molecule has 2 heterocycles. The number of aryl methyl sites for hydroxylation is 1. The highest BCUT2D eigenvalue weighted by molar-refractivity contribution is 5.28. The van der Waals surface area contributed by atoms with Crippen LogP contribution in [-0.4, -0.2) is 27.8 Å². The van der Waals surface area contributed by atoms with Gasteiger partial charge in [-0.25, -0.2) is 0 Å². The van der Waals surface area contributed by atoms with Gasteiger partial charge in [-0.05, 0) is 36.6 Å². The lowest BCUT2D eigenvalue weighted by Gasteiger charge is -2.20. The van der Waals surface area contributed by atoms with Crippen LogP contribution in [0, 0.1) is 0 Å². The predicted molar refractivity (Wildman–Crippen MR) is 76.7 cm³/mol. The molecule has 1 aliphatic rings. The highest BCUT2D eigenvalue weighted by atomic mass is 15.3. The van der Waals surface area contributed by atoms with E-state index in [4.69, 9.17) is 5.73 Å². The summed E-state index contributed by atoms with van der Waals surface area (Å²) in [6.07, 6.45) is 4.38. The van der Waals surface area contributed by atoms with E-state index in [1.807, 2.05) is 16.9 Å². The van der Waals surface area contributed by atoms with E-state index in [1.165, 1.54) is 24.0 Å². The van der Waals surface area contributed by atoms with E-state index in [-0.39, 0.29) is 0 Å². The zero-order valence-electron chi connectivity index (χ0n) is 11.1. The van der Waals surface area contributed by atoms with Gasteiger partial charge in [0.05, 0.1) is 6.54 Å². The van der Waals surface area contributed by atoms with Crippen LogP contribution in [0.1, 0.15) is 17.5 Å². The summed E-state index contributed by atoms with van der Waals surface area (Å²) in [5.74, 6) is 0.598. The summed E-state index contributed by atoms with van der Waals surface area (Å²) in [5.41, 5.74) is 8.61. The van der Waals surface area contributed by atoms with Crippen LogP contribution in [0.3, 0.4) is 0 Å². The van der Waals surface area contributed by atoms with Crippen molar-refractivity contribution in [2.45, 2.75) is 25.9 Å². The summed E-state index contributed by atoms with van der Waals surface area (Å²) in [6.45, 7) is 4.13. The second-order valence-electron chi connectivity index (χ2n) is 5.15. The molecule has 0 fully saturated rings. The van der Waals surface area contributed by atoms with Crippen molar-refractivity contribution in [3.63, 3.8) is 0 Å². The Hall–Kier alpha value is -1.81. The normalized spacial score (nSPS) is 16.0. The lowest BCUT2D eigenvalue weighted by Crippen LogP contribution is -2.27. The highest BCUT2D eigenvalue weighted by Crippen LogP contribution is 2.18. The van der Waals surface area contributed by atoms with Gasteiger partial charge in [-0.15, -0.1) is 0 Å². The number of hydrogen-bond donors (Lipinski definition) is 1. The van der Waals surface area contributed by atoms with Crippen LogP contribution in [-0.2, 0) is 19.5 Å². The van der Waals surface area contributed by atoms with Gasteiger partial charge in [-0.2, -0.15) is 5.10 Å². The summed E-state index contributed by atoms with van der Waals surface area (Å²) < 4.78 is 1.92. The van der Waals surface area contributed by atoms with Crippen LogP contribution in [0.15, 0.2) is 36.5 Å². The standard InChI is InChI=1S/C15H20N4/c16-15-7-9-19(17-15)11-10-18-8-3-6-13-4-1-2-5-14(13)12-18/h1-2,4-5,7,9H,3,6,8,10-12H2,(H2,16,17). The number of nitrogens with zero attached hydrogens (tertiary/aromatic N) is 3. The Kier molecular flexibility index (Phi) is 3.51. The molecule has 1 aromatic carbocycles. The minimum atomic E-state index is 0.598. The fourth-order valence-corrected chi connectivity index (χ4v) is 2.71. The molecule has 4 nitrogen and oxygen atoms in total. The molecule has 19 heavy (non-hydrogen) atoms. The van der Waals surface area contributed by atoms with Crippen molar-refractivity contribution >= 4 is 5.82 Å². The average Bonchev–Trinajstić information content (AvgIpc) is 2.72. The molecule has 1 aromatic heterocycles. The zero-order chi connectivity index (χ0) is 13.1. The zero-order valence-corrected chi connectivity index (χ0v) is 11.1. The minimum absolute atomic E-state index is 0.598. The molecule has 4 heteroatoms. The number of fused-ring (bicyclic) bond motifs is 1. The van der Waals surface area contributed by atoms with Gasteiger partial charge in [0.15, 0.2) is 0 Å². The highest BCUT2D eigenvalue weighted by Gasteiger charge is 2.13. The molecule has 1 aliphatic heterocycles. The number of nitrogens with two attached hydrogens (primary N) is 1. The van der Waals surface area contributed by atoms with Crippen molar-refractivity contribution in [2.24, 2.45) is 0 Å². The molecular weight excluding hydrogens is 236 g/mol. The van der Waals surface area contributed by atoms with Gasteiger partial charge >= 0.3 is 0 Å². The van der Waals surface area contributed by atoms with E-state index < -0.39 is 0 Å². The van der Waals surface area contributed by atoms with Crippen molar-refractivity contribution in [2.75, 3.05) is 18.8 Å². The van der Waals surface area contributed by atoms with E-state index >= 15 is 0 Å². The first-order chi connectivity index (χ1) is 9.31. The quantitative estimate of drug-likeness (QED) is 0.912. The number of aromatic nitrogens is 2. The third kappa shape index (κ3) is 2.96. The molecule has 0 aliphatic carbocycles. The number of anilines is 1. The average molecular weight is 256 g/mol. The van der Waals surface area contributed by atoms with Gasteiger partial charge in [-0.3, -0.25) is 9.58 Å². The summed E-state index contributed by atoms with van der Waals surface area (Å²) in [5, 5.41) is 4.23. The van der Waals surface area contributed by atoms with Crippen LogP contribution in [0.5, 0.6) is 0 Å². The van der Waals surface area contributed by atoms with Gasteiger partial charge < -0.3 is 5.73 Å². The number of rotatable bonds is 3. The minimum Gasteiger partial charge on any atom is -0.382 e. The fraction of sp³-hybridized carbons (Fsp3) is 0.400. The maximum atomic E-state index is 5.63. The summed E-state index contributed by atoms with van der Waals surface area (Å²) in [6, 6.07) is 10.6. The van der Waals surface area contributed by atoms with Crippen molar-refractivity contribution in [3.8, 4) is 0 Å². The van der Waals surface area contributed by atoms with Crippen LogP contribution in [0.2, 0.25) is 0 Å². The second kappa shape index (κ2) is 5.45. The van der Waals surface area contributed by atoms with Gasteiger partial charge in [-0.1, -0.05) is 24.3 Å². The van der Waals surface area contributed by atoms with Crippen molar-refractivity contribution < 1.29 is 0 Å². The van der Waals surface area contributed by atoms with Crippen molar-refractivity contribution in [1.82, 2.24) is 14.7 Å². The van der Waals surface area contributed by atoms with Crippen LogP contribution in [0.25, 0.3) is 0 Å². The summed E-state index contributed by atoms with van der Waals surface area (Å²) >= 11 is 0. The van der Waals surface area contributed by atoms with E-state index in [0.29, 0.717) is 5.82 Å². The first kappa shape index (κ1) is 12.2. The maximum Gasteiger partial charge on any atom is 0.145 e. The van der Waals surface area contributed by atoms with Gasteiger partial charge in [0.1, 0.15) is 5.82 Å². The Bertz CT molecular complexity index is 547. The molecule has 0 atom stereocenters. The number of hydrogen-bond acceptors (Lipinski definition) is 3. The number of benzene rings is 1. The first-order valence-electron chi connectivity index (χ1n) is 6.89. The Morgan fingerprint density at radius 1 is 1.11 bits per heavy atom. The predicted octanol–water partition coefficient (Wildman–Crippen LogP) is 1.91. The Labute approximate surface area is 113 Å². The first-order valence-corrected chi connectivity index (χ1v) is 6.89. The maximum absolute atomic E-state index is 5.63.